The number of hydrogen-bond acceptors (Lipinski definition) is 5. The maximum atomic E-state index is 12.8. The minimum Gasteiger partial charge on any atom is -0.508 e. The number of carbonyl (C=O) groups excluding carboxylic acids is 1. The van der Waals surface area contributed by atoms with Crippen LogP contribution in [0, 0.1) is 0 Å². The average Bonchev–Trinajstić information content (AvgIpc) is 2.51. The number of halogens is 3. The summed E-state index contributed by atoms with van der Waals surface area (Å²) in [4.78, 5) is 12.0. The number of alkyl halides is 3. The van der Waals surface area contributed by atoms with E-state index in [2.05, 4.69) is 5.32 Å². The smallest absolute Gasteiger partial charge is 0.416 e. The van der Waals surface area contributed by atoms with E-state index in [9.17, 15) is 28.2 Å². The van der Waals surface area contributed by atoms with Gasteiger partial charge in [0, 0.05) is 23.9 Å². The molecule has 5 nitrogen and oxygen atoms in total. The molecule has 0 aliphatic heterocycles. The summed E-state index contributed by atoms with van der Waals surface area (Å²) in [5, 5.41) is 22.6. The topological polar surface area (TPSA) is 78.8 Å². The molecule has 2 aromatic rings. The van der Waals surface area contributed by atoms with E-state index >= 15 is 0 Å². The molecule has 27 heavy (non-hydrogen) atoms. The molecule has 2 rings (SSSR count). The second-order valence-electron chi connectivity index (χ2n) is 6.93. The largest absolute Gasteiger partial charge is 0.508 e. The van der Waals surface area contributed by atoms with Gasteiger partial charge < -0.3 is 20.3 Å². The monoisotopic (exact) mass is 383 g/mol. The number of aromatic hydroxyl groups is 2. The van der Waals surface area contributed by atoms with E-state index in [0.717, 1.165) is 18.2 Å². The van der Waals surface area contributed by atoms with Crippen molar-refractivity contribution in [1.29, 1.82) is 0 Å². The van der Waals surface area contributed by atoms with Gasteiger partial charge in [-0.2, -0.15) is 13.2 Å². The van der Waals surface area contributed by atoms with Crippen LogP contribution in [-0.2, 0) is 17.5 Å². The van der Waals surface area contributed by atoms with Crippen molar-refractivity contribution in [3.63, 3.8) is 0 Å². The number of phenolic OH excluding ortho intramolecular Hbond substituents is 2. The fourth-order valence-electron chi connectivity index (χ4n) is 2.25. The Morgan fingerprint density at radius 3 is 2.26 bits per heavy atom. The predicted molar refractivity (Wildman–Crippen MR) is 93.7 cm³/mol. The SMILES string of the molecule is CC(C)(C)OC(=O)c1ccc(NCc2cc(C(F)(F)F)ccc2O)cc1O. The van der Waals surface area contributed by atoms with E-state index in [-0.39, 0.29) is 29.2 Å². The first-order chi connectivity index (χ1) is 12.4. The Morgan fingerprint density at radius 2 is 1.70 bits per heavy atom. The van der Waals surface area contributed by atoms with Crippen LogP contribution in [0.3, 0.4) is 0 Å². The van der Waals surface area contributed by atoms with Crippen LogP contribution in [0.25, 0.3) is 0 Å². The van der Waals surface area contributed by atoms with Gasteiger partial charge in [-0.1, -0.05) is 0 Å². The van der Waals surface area contributed by atoms with Crippen LogP contribution in [0.15, 0.2) is 36.4 Å². The summed E-state index contributed by atoms with van der Waals surface area (Å²) >= 11 is 0. The zero-order valence-corrected chi connectivity index (χ0v) is 15.0. The molecule has 0 atom stereocenters. The van der Waals surface area contributed by atoms with E-state index in [1.54, 1.807) is 20.8 Å². The number of phenols is 2. The highest BCUT2D eigenvalue weighted by Crippen LogP contribution is 2.32. The molecule has 0 heterocycles. The Morgan fingerprint density at radius 1 is 1.04 bits per heavy atom. The lowest BCUT2D eigenvalue weighted by Crippen LogP contribution is -2.23. The van der Waals surface area contributed by atoms with Crippen molar-refractivity contribution >= 4 is 11.7 Å². The molecule has 0 saturated heterocycles. The van der Waals surface area contributed by atoms with Gasteiger partial charge in [0.15, 0.2) is 0 Å². The highest BCUT2D eigenvalue weighted by Gasteiger charge is 2.31. The van der Waals surface area contributed by atoms with Gasteiger partial charge in [-0.05, 0) is 51.1 Å². The molecule has 0 saturated carbocycles. The van der Waals surface area contributed by atoms with Crippen molar-refractivity contribution in [2.24, 2.45) is 0 Å². The molecule has 0 bridgehead atoms. The summed E-state index contributed by atoms with van der Waals surface area (Å²) in [5.74, 6) is -1.31. The number of anilines is 1. The van der Waals surface area contributed by atoms with Crippen LogP contribution in [-0.4, -0.2) is 21.8 Å². The third-order valence-electron chi connectivity index (χ3n) is 3.51. The maximum absolute atomic E-state index is 12.8. The number of benzene rings is 2. The molecule has 0 fully saturated rings. The van der Waals surface area contributed by atoms with Crippen molar-refractivity contribution in [3.05, 3.63) is 53.1 Å². The van der Waals surface area contributed by atoms with Crippen molar-refractivity contribution in [3.8, 4) is 11.5 Å². The van der Waals surface area contributed by atoms with Gasteiger partial charge in [-0.15, -0.1) is 0 Å². The quantitative estimate of drug-likeness (QED) is 0.668. The molecule has 0 amide bonds. The van der Waals surface area contributed by atoms with E-state index in [1.165, 1.54) is 18.2 Å². The second kappa shape index (κ2) is 7.38. The van der Waals surface area contributed by atoms with Crippen LogP contribution in [0.4, 0.5) is 18.9 Å². The van der Waals surface area contributed by atoms with E-state index in [4.69, 9.17) is 4.74 Å². The van der Waals surface area contributed by atoms with Crippen molar-refractivity contribution in [2.45, 2.75) is 39.1 Å². The van der Waals surface area contributed by atoms with Gasteiger partial charge in [-0.25, -0.2) is 4.79 Å². The first-order valence-corrected chi connectivity index (χ1v) is 8.06. The first-order valence-electron chi connectivity index (χ1n) is 8.06. The van der Waals surface area contributed by atoms with Gasteiger partial charge in [0.05, 0.1) is 5.56 Å². The highest BCUT2D eigenvalue weighted by atomic mass is 19.4. The molecule has 0 unspecified atom stereocenters. The summed E-state index contributed by atoms with van der Waals surface area (Å²) in [6, 6.07) is 6.69. The molecule has 2 aromatic carbocycles. The molecule has 0 aliphatic rings. The molecule has 0 aliphatic carbocycles. The lowest BCUT2D eigenvalue weighted by molar-refractivity contribution is -0.137. The van der Waals surface area contributed by atoms with E-state index < -0.39 is 23.3 Å². The Balaban J connectivity index is 2.14. The van der Waals surface area contributed by atoms with E-state index in [0.29, 0.717) is 5.69 Å². The summed E-state index contributed by atoms with van der Waals surface area (Å²) in [6.45, 7) is 4.97. The van der Waals surface area contributed by atoms with E-state index in [1.807, 2.05) is 0 Å². The maximum Gasteiger partial charge on any atom is 0.416 e. The standard InChI is InChI=1S/C19H20F3NO4/c1-18(2,3)27-17(26)14-6-5-13(9-16(14)25)23-10-11-8-12(19(20,21)22)4-7-15(11)24/h4-9,23-25H,10H2,1-3H3. The molecular formula is C19H20F3NO4. The summed E-state index contributed by atoms with van der Waals surface area (Å²) in [5.41, 5.74) is -1.23. The highest BCUT2D eigenvalue weighted by molar-refractivity contribution is 5.93. The third-order valence-corrected chi connectivity index (χ3v) is 3.51. The normalized spacial score (nSPS) is 11.9. The Labute approximate surface area is 154 Å². The van der Waals surface area contributed by atoms with Crippen LogP contribution in [0.5, 0.6) is 11.5 Å². The molecule has 8 heteroatoms. The summed E-state index contributed by atoms with van der Waals surface area (Å²) < 4.78 is 43.5. The molecule has 146 valence electrons. The summed E-state index contributed by atoms with van der Waals surface area (Å²) in [7, 11) is 0. The lowest BCUT2D eigenvalue weighted by Gasteiger charge is -2.20. The van der Waals surface area contributed by atoms with Crippen molar-refractivity contribution in [1.82, 2.24) is 0 Å². The Bertz CT molecular complexity index is 842. The second-order valence-corrected chi connectivity index (χ2v) is 6.93. The number of rotatable bonds is 4. The zero-order valence-electron chi connectivity index (χ0n) is 15.0. The molecule has 3 N–H and O–H groups in total. The Kier molecular flexibility index (Phi) is 5.58. The average molecular weight is 383 g/mol. The van der Waals surface area contributed by atoms with Gasteiger partial charge in [-0.3, -0.25) is 0 Å². The van der Waals surface area contributed by atoms with Crippen LogP contribution in [0.1, 0.15) is 42.3 Å². The van der Waals surface area contributed by atoms with Gasteiger partial charge in [0.25, 0.3) is 0 Å². The summed E-state index contributed by atoms with van der Waals surface area (Å²) in [6.07, 6.45) is -4.52. The van der Waals surface area contributed by atoms with Gasteiger partial charge in [0.2, 0.25) is 0 Å². The first kappa shape index (κ1) is 20.4. The molecule has 0 spiro atoms. The van der Waals surface area contributed by atoms with Crippen LogP contribution in [0.2, 0.25) is 0 Å². The Hall–Kier alpha value is -2.90. The van der Waals surface area contributed by atoms with Crippen molar-refractivity contribution < 1.29 is 32.9 Å². The lowest BCUT2D eigenvalue weighted by atomic mass is 10.1. The molecular weight excluding hydrogens is 363 g/mol. The molecule has 0 radical (unpaired) electrons. The molecule has 0 aromatic heterocycles. The fourth-order valence-corrected chi connectivity index (χ4v) is 2.25. The minimum absolute atomic E-state index is 0.0302. The van der Waals surface area contributed by atoms with Gasteiger partial charge >= 0.3 is 12.1 Å². The number of nitrogens with one attached hydrogen (secondary N) is 1. The number of ether oxygens (including phenoxy) is 1. The van der Waals surface area contributed by atoms with Gasteiger partial charge in [0.1, 0.15) is 22.7 Å². The number of carbonyl (C=O) groups is 1. The predicted octanol–water partition coefficient (Wildman–Crippen LogP) is 4.68. The number of esters is 1. The number of hydrogen-bond donors (Lipinski definition) is 3. The zero-order chi connectivity index (χ0) is 20.4. The van der Waals surface area contributed by atoms with Crippen LogP contribution >= 0.6 is 0 Å². The van der Waals surface area contributed by atoms with Crippen molar-refractivity contribution in [2.75, 3.05) is 5.32 Å². The fraction of sp³-hybridized carbons (Fsp3) is 0.316. The minimum atomic E-state index is -4.52. The third kappa shape index (κ3) is 5.54. The van der Waals surface area contributed by atoms with Crippen LogP contribution < -0.4 is 5.32 Å².